The monoisotopic (exact) mass is 358 g/mol. The number of nitrogens with one attached hydrogen (secondary N) is 1. The molecular formula is C13H15BrN2O3S. The molecule has 0 saturated carbocycles. The molecule has 0 unspecified atom stereocenters. The van der Waals surface area contributed by atoms with Gasteiger partial charge in [0.2, 0.25) is 10.0 Å². The summed E-state index contributed by atoms with van der Waals surface area (Å²) in [4.78, 5) is 0.179. The van der Waals surface area contributed by atoms with Crippen molar-refractivity contribution in [2.24, 2.45) is 5.73 Å². The molecule has 0 spiro atoms. The largest absolute Gasteiger partial charge is 0.465 e. The van der Waals surface area contributed by atoms with Crippen molar-refractivity contribution in [2.45, 2.75) is 24.9 Å². The lowest BCUT2D eigenvalue weighted by molar-refractivity contribution is 0.475. The number of hydrogen-bond donors (Lipinski definition) is 2. The lowest BCUT2D eigenvalue weighted by atomic mass is 10.2. The maximum absolute atomic E-state index is 12.2. The molecule has 1 aromatic heterocycles. The summed E-state index contributed by atoms with van der Waals surface area (Å²) in [6.07, 6.45) is 0. The zero-order valence-electron chi connectivity index (χ0n) is 10.9. The van der Waals surface area contributed by atoms with Crippen molar-refractivity contribution in [3.05, 3.63) is 51.9 Å². The van der Waals surface area contributed by atoms with Gasteiger partial charge in [-0.3, -0.25) is 0 Å². The maximum Gasteiger partial charge on any atom is 0.242 e. The molecule has 0 aliphatic rings. The minimum Gasteiger partial charge on any atom is -0.465 e. The molecule has 1 aromatic carbocycles. The highest BCUT2D eigenvalue weighted by Crippen LogP contribution is 2.23. The summed E-state index contributed by atoms with van der Waals surface area (Å²) in [6.45, 7) is 2.28. The maximum atomic E-state index is 12.2. The van der Waals surface area contributed by atoms with Crippen molar-refractivity contribution in [1.29, 1.82) is 0 Å². The highest BCUT2D eigenvalue weighted by atomic mass is 79.9. The molecule has 1 heterocycles. The lowest BCUT2D eigenvalue weighted by Crippen LogP contribution is -2.23. The molecule has 2 rings (SSSR count). The number of rotatable bonds is 5. The molecule has 0 atom stereocenters. The Hall–Kier alpha value is -1.15. The van der Waals surface area contributed by atoms with Gasteiger partial charge in [-0.1, -0.05) is 6.07 Å². The Kier molecular flexibility index (Phi) is 4.64. The average Bonchev–Trinajstić information content (AvgIpc) is 2.82. The van der Waals surface area contributed by atoms with Gasteiger partial charge in [0.15, 0.2) is 0 Å². The van der Waals surface area contributed by atoms with Gasteiger partial charge in [-0.05, 0) is 52.7 Å². The number of aryl methyl sites for hydroxylation is 1. The van der Waals surface area contributed by atoms with Gasteiger partial charge in [0.1, 0.15) is 11.5 Å². The van der Waals surface area contributed by atoms with E-state index >= 15 is 0 Å². The van der Waals surface area contributed by atoms with Crippen molar-refractivity contribution >= 4 is 26.0 Å². The van der Waals surface area contributed by atoms with Crippen LogP contribution in [0.15, 0.2) is 44.1 Å². The molecule has 0 amide bonds. The van der Waals surface area contributed by atoms with Gasteiger partial charge in [-0.2, -0.15) is 0 Å². The third-order valence-corrected chi connectivity index (χ3v) is 5.13. The fraction of sp³-hybridized carbons (Fsp3) is 0.231. The van der Waals surface area contributed by atoms with Crippen LogP contribution in [-0.2, 0) is 23.1 Å². The first-order valence-corrected chi connectivity index (χ1v) is 8.23. The van der Waals surface area contributed by atoms with Crippen LogP contribution in [0, 0.1) is 6.92 Å². The third-order valence-electron chi connectivity index (χ3n) is 2.75. The van der Waals surface area contributed by atoms with Crippen LogP contribution >= 0.6 is 15.9 Å². The molecule has 20 heavy (non-hydrogen) atoms. The van der Waals surface area contributed by atoms with E-state index in [2.05, 4.69) is 20.7 Å². The van der Waals surface area contributed by atoms with E-state index in [1.165, 1.54) is 6.07 Å². The number of sulfonamides is 1. The zero-order valence-corrected chi connectivity index (χ0v) is 13.3. The molecule has 0 radical (unpaired) electrons. The third kappa shape index (κ3) is 3.49. The number of hydrogen-bond acceptors (Lipinski definition) is 4. The number of benzene rings is 1. The summed E-state index contributed by atoms with van der Waals surface area (Å²) in [5, 5.41) is 0. The van der Waals surface area contributed by atoms with E-state index in [0.29, 0.717) is 16.8 Å². The molecule has 7 heteroatoms. The van der Waals surface area contributed by atoms with Crippen LogP contribution in [-0.4, -0.2) is 8.42 Å². The van der Waals surface area contributed by atoms with Crippen LogP contribution in [0.1, 0.15) is 17.1 Å². The van der Waals surface area contributed by atoms with E-state index in [9.17, 15) is 8.42 Å². The van der Waals surface area contributed by atoms with Crippen molar-refractivity contribution in [1.82, 2.24) is 4.72 Å². The Morgan fingerprint density at radius 1 is 1.30 bits per heavy atom. The molecule has 108 valence electrons. The number of nitrogens with two attached hydrogens (primary N) is 1. The first-order chi connectivity index (χ1) is 9.42. The van der Waals surface area contributed by atoms with E-state index < -0.39 is 10.0 Å². The van der Waals surface area contributed by atoms with Crippen molar-refractivity contribution in [2.75, 3.05) is 0 Å². The Morgan fingerprint density at radius 3 is 2.60 bits per heavy atom. The Bertz CT molecular complexity index is 710. The van der Waals surface area contributed by atoms with Crippen LogP contribution in [0.2, 0.25) is 0 Å². The van der Waals surface area contributed by atoms with Crippen molar-refractivity contribution < 1.29 is 12.8 Å². The highest BCUT2D eigenvalue weighted by molar-refractivity contribution is 9.10. The quantitative estimate of drug-likeness (QED) is 0.858. The second-order valence-corrected chi connectivity index (χ2v) is 6.90. The van der Waals surface area contributed by atoms with Crippen LogP contribution in [0.4, 0.5) is 0 Å². The molecule has 3 N–H and O–H groups in total. The second kappa shape index (κ2) is 6.09. The zero-order chi connectivity index (χ0) is 14.8. The summed E-state index contributed by atoms with van der Waals surface area (Å²) < 4.78 is 32.8. The van der Waals surface area contributed by atoms with Crippen molar-refractivity contribution in [3.8, 4) is 0 Å². The minimum absolute atomic E-state index is 0.112. The van der Waals surface area contributed by atoms with Crippen molar-refractivity contribution in [3.63, 3.8) is 0 Å². The van der Waals surface area contributed by atoms with E-state index in [-0.39, 0.29) is 11.4 Å². The van der Waals surface area contributed by atoms with Crippen LogP contribution < -0.4 is 10.5 Å². The first kappa shape index (κ1) is 15.2. The van der Waals surface area contributed by atoms with Gasteiger partial charge in [-0.15, -0.1) is 0 Å². The van der Waals surface area contributed by atoms with Gasteiger partial charge in [0.05, 0.1) is 11.4 Å². The topological polar surface area (TPSA) is 85.3 Å². The standard InChI is InChI=1S/C13H15BrN2O3S/c1-9-2-4-11(19-9)8-16-20(17,18)13-5-3-10(7-15)6-12(13)14/h2-6,16H,7-8,15H2,1H3. The van der Waals surface area contributed by atoms with Gasteiger partial charge in [0, 0.05) is 11.0 Å². The predicted octanol–water partition coefficient (Wildman–Crippen LogP) is 2.29. The summed E-state index contributed by atoms with van der Waals surface area (Å²) >= 11 is 3.26. The fourth-order valence-corrected chi connectivity index (χ4v) is 3.83. The Labute approximate surface area is 126 Å². The smallest absolute Gasteiger partial charge is 0.242 e. The van der Waals surface area contributed by atoms with Crippen LogP contribution in [0.3, 0.4) is 0 Å². The Balaban J connectivity index is 2.18. The normalized spacial score (nSPS) is 11.8. The molecular weight excluding hydrogens is 344 g/mol. The molecule has 0 aliphatic carbocycles. The van der Waals surface area contributed by atoms with E-state index in [1.54, 1.807) is 31.2 Å². The summed E-state index contributed by atoms with van der Waals surface area (Å²) in [7, 11) is -3.60. The summed E-state index contributed by atoms with van der Waals surface area (Å²) in [6, 6.07) is 8.45. The lowest BCUT2D eigenvalue weighted by Gasteiger charge is -2.08. The summed E-state index contributed by atoms with van der Waals surface area (Å²) in [5.41, 5.74) is 6.38. The second-order valence-electron chi connectivity index (χ2n) is 4.31. The molecule has 5 nitrogen and oxygen atoms in total. The van der Waals surface area contributed by atoms with E-state index in [4.69, 9.17) is 10.2 Å². The first-order valence-electron chi connectivity index (χ1n) is 5.96. The SMILES string of the molecule is Cc1ccc(CNS(=O)(=O)c2ccc(CN)cc2Br)o1. The van der Waals surface area contributed by atoms with E-state index in [1.807, 2.05) is 0 Å². The van der Waals surface area contributed by atoms with Crippen LogP contribution in [0.5, 0.6) is 0 Å². The number of furan rings is 1. The Morgan fingerprint density at radius 2 is 2.05 bits per heavy atom. The van der Waals surface area contributed by atoms with Gasteiger partial charge in [-0.25, -0.2) is 13.1 Å². The minimum atomic E-state index is -3.60. The fourth-order valence-electron chi connectivity index (χ4n) is 1.71. The summed E-state index contributed by atoms with van der Waals surface area (Å²) in [5.74, 6) is 1.31. The molecule has 2 aromatic rings. The van der Waals surface area contributed by atoms with Gasteiger partial charge >= 0.3 is 0 Å². The molecule has 0 saturated heterocycles. The van der Waals surface area contributed by atoms with Crippen LogP contribution in [0.25, 0.3) is 0 Å². The van der Waals surface area contributed by atoms with E-state index in [0.717, 1.165) is 11.3 Å². The average molecular weight is 359 g/mol. The molecule has 0 aliphatic heterocycles. The van der Waals surface area contributed by atoms with Gasteiger partial charge in [0.25, 0.3) is 0 Å². The highest BCUT2D eigenvalue weighted by Gasteiger charge is 2.18. The van der Waals surface area contributed by atoms with Gasteiger partial charge < -0.3 is 10.2 Å². The predicted molar refractivity (Wildman–Crippen MR) is 79.5 cm³/mol. The molecule has 0 bridgehead atoms. The number of halogens is 1. The molecule has 0 fully saturated rings.